The Morgan fingerprint density at radius 1 is 1.00 bits per heavy atom. The summed E-state index contributed by atoms with van der Waals surface area (Å²) in [6.07, 6.45) is 0. The number of aromatic nitrogens is 2. The largest absolute Gasteiger partial charge is 0.497 e. The number of nitrogens with zero attached hydrogens (tertiary/aromatic N) is 4. The van der Waals surface area contributed by atoms with Crippen LogP contribution in [0.25, 0.3) is 11.5 Å². The lowest BCUT2D eigenvalue weighted by Gasteiger charge is -2.38. The van der Waals surface area contributed by atoms with Gasteiger partial charge in [0.1, 0.15) is 5.75 Å². The Morgan fingerprint density at radius 3 is 2.27 bits per heavy atom. The number of ketones is 1. The highest BCUT2D eigenvalue weighted by Gasteiger charge is 2.26. The molecule has 1 aliphatic rings. The molecule has 1 aromatic heterocycles. The SMILES string of the molecule is COc1ccc(-c2nnc([C@@H](C)N3CCN(c4ccc(C(C)=O)cc4)CC3)o2)cc1. The quantitative estimate of drug-likeness (QED) is 0.576. The third-order valence-electron chi connectivity index (χ3n) is 5.64. The van der Waals surface area contributed by atoms with Gasteiger partial charge in [0.25, 0.3) is 0 Å². The molecule has 4 rings (SSSR count). The number of ether oxygens (including phenoxy) is 1. The van der Waals surface area contributed by atoms with Crippen LogP contribution in [0.5, 0.6) is 5.75 Å². The number of hydrogen-bond donors (Lipinski definition) is 0. The Kier molecular flexibility index (Phi) is 5.81. The number of benzene rings is 2. The van der Waals surface area contributed by atoms with Crippen LogP contribution < -0.4 is 9.64 Å². The normalized spacial score (nSPS) is 15.8. The molecule has 0 amide bonds. The Hall–Kier alpha value is -3.19. The first kappa shape index (κ1) is 20.1. The first-order valence-electron chi connectivity index (χ1n) is 10.1. The summed E-state index contributed by atoms with van der Waals surface area (Å²) in [5.41, 5.74) is 2.77. The Balaban J connectivity index is 1.37. The van der Waals surface area contributed by atoms with Gasteiger partial charge in [0.15, 0.2) is 5.78 Å². The number of carbonyl (C=O) groups excluding carboxylic acids is 1. The fourth-order valence-electron chi connectivity index (χ4n) is 3.68. The molecular formula is C23H26N4O3. The van der Waals surface area contributed by atoms with E-state index in [1.54, 1.807) is 14.0 Å². The first-order chi connectivity index (χ1) is 14.5. The summed E-state index contributed by atoms with van der Waals surface area (Å²) in [6.45, 7) is 7.30. The summed E-state index contributed by atoms with van der Waals surface area (Å²) in [5.74, 6) is 2.03. The van der Waals surface area contributed by atoms with Crippen molar-refractivity contribution in [1.29, 1.82) is 0 Å². The van der Waals surface area contributed by atoms with E-state index in [2.05, 4.69) is 26.9 Å². The van der Waals surface area contributed by atoms with E-state index < -0.39 is 0 Å². The van der Waals surface area contributed by atoms with Gasteiger partial charge in [-0.1, -0.05) is 0 Å². The van der Waals surface area contributed by atoms with Crippen LogP contribution in [-0.2, 0) is 0 Å². The molecule has 0 unspecified atom stereocenters. The third-order valence-corrected chi connectivity index (χ3v) is 5.64. The van der Waals surface area contributed by atoms with Gasteiger partial charge in [0, 0.05) is 43.0 Å². The molecule has 30 heavy (non-hydrogen) atoms. The van der Waals surface area contributed by atoms with Gasteiger partial charge in [0.2, 0.25) is 11.8 Å². The smallest absolute Gasteiger partial charge is 0.247 e. The van der Waals surface area contributed by atoms with Gasteiger partial charge in [-0.3, -0.25) is 9.69 Å². The molecule has 7 nitrogen and oxygen atoms in total. The molecule has 1 fully saturated rings. The number of carbonyl (C=O) groups is 1. The molecule has 0 radical (unpaired) electrons. The molecule has 0 aliphatic carbocycles. The molecule has 2 aromatic carbocycles. The zero-order chi connectivity index (χ0) is 21.1. The van der Waals surface area contributed by atoms with Gasteiger partial charge >= 0.3 is 0 Å². The summed E-state index contributed by atoms with van der Waals surface area (Å²) < 4.78 is 11.1. The van der Waals surface area contributed by atoms with Gasteiger partial charge in [-0.25, -0.2) is 0 Å². The van der Waals surface area contributed by atoms with Gasteiger partial charge < -0.3 is 14.1 Å². The molecule has 7 heteroatoms. The second-order valence-electron chi connectivity index (χ2n) is 7.48. The maximum Gasteiger partial charge on any atom is 0.247 e. The lowest BCUT2D eigenvalue weighted by molar-refractivity contribution is 0.101. The monoisotopic (exact) mass is 406 g/mol. The molecule has 3 aromatic rings. The van der Waals surface area contributed by atoms with E-state index in [0.29, 0.717) is 11.8 Å². The van der Waals surface area contributed by atoms with Crippen molar-refractivity contribution in [3.8, 4) is 17.2 Å². The minimum Gasteiger partial charge on any atom is -0.497 e. The van der Waals surface area contributed by atoms with Crippen molar-refractivity contribution in [3.05, 3.63) is 60.0 Å². The Bertz CT molecular complexity index is 990. The van der Waals surface area contributed by atoms with Crippen molar-refractivity contribution < 1.29 is 13.9 Å². The molecule has 1 aliphatic heterocycles. The van der Waals surface area contributed by atoms with Crippen molar-refractivity contribution >= 4 is 11.5 Å². The molecule has 0 saturated carbocycles. The van der Waals surface area contributed by atoms with Crippen molar-refractivity contribution in [1.82, 2.24) is 15.1 Å². The zero-order valence-corrected chi connectivity index (χ0v) is 17.5. The Morgan fingerprint density at radius 2 is 1.67 bits per heavy atom. The summed E-state index contributed by atoms with van der Waals surface area (Å²) in [7, 11) is 1.64. The number of piperazine rings is 1. The van der Waals surface area contributed by atoms with Crippen LogP contribution in [0.15, 0.2) is 52.9 Å². The second-order valence-corrected chi connectivity index (χ2v) is 7.48. The van der Waals surface area contributed by atoms with E-state index in [9.17, 15) is 4.79 Å². The molecule has 1 atom stereocenters. The van der Waals surface area contributed by atoms with Crippen LogP contribution in [0, 0.1) is 0 Å². The van der Waals surface area contributed by atoms with Gasteiger partial charge in [-0.05, 0) is 62.4 Å². The van der Waals surface area contributed by atoms with Crippen LogP contribution in [0.1, 0.15) is 36.1 Å². The number of Topliss-reactive ketones (excluding diaryl/α,β-unsaturated/α-hetero) is 1. The van der Waals surface area contributed by atoms with Gasteiger partial charge in [-0.15, -0.1) is 10.2 Å². The molecule has 1 saturated heterocycles. The van der Waals surface area contributed by atoms with Crippen molar-refractivity contribution in [3.63, 3.8) is 0 Å². The van der Waals surface area contributed by atoms with Crippen molar-refractivity contribution in [2.75, 3.05) is 38.2 Å². The minimum atomic E-state index is 0.0479. The van der Waals surface area contributed by atoms with Crippen molar-refractivity contribution in [2.45, 2.75) is 19.9 Å². The van der Waals surface area contributed by atoms with E-state index >= 15 is 0 Å². The van der Waals surface area contributed by atoms with E-state index in [-0.39, 0.29) is 11.8 Å². The number of anilines is 1. The zero-order valence-electron chi connectivity index (χ0n) is 17.5. The average Bonchev–Trinajstić information content (AvgIpc) is 3.29. The molecule has 156 valence electrons. The predicted octanol–water partition coefficient (Wildman–Crippen LogP) is 3.83. The highest BCUT2D eigenvalue weighted by molar-refractivity contribution is 5.94. The van der Waals surface area contributed by atoms with E-state index in [1.807, 2.05) is 48.5 Å². The third kappa shape index (κ3) is 4.21. The van der Waals surface area contributed by atoms with E-state index in [1.165, 1.54) is 0 Å². The van der Waals surface area contributed by atoms with Gasteiger partial charge in [0.05, 0.1) is 13.2 Å². The average molecular weight is 406 g/mol. The van der Waals surface area contributed by atoms with E-state index in [0.717, 1.165) is 48.7 Å². The second kappa shape index (κ2) is 8.67. The lowest BCUT2D eigenvalue weighted by Crippen LogP contribution is -2.47. The lowest BCUT2D eigenvalue weighted by atomic mass is 10.1. The minimum absolute atomic E-state index is 0.0479. The summed E-state index contributed by atoms with van der Waals surface area (Å²) in [5, 5.41) is 8.50. The molecule has 0 bridgehead atoms. The highest BCUT2D eigenvalue weighted by Crippen LogP contribution is 2.27. The topological polar surface area (TPSA) is 71.7 Å². The van der Waals surface area contributed by atoms with Crippen LogP contribution in [0.3, 0.4) is 0 Å². The number of hydrogen-bond acceptors (Lipinski definition) is 7. The fraction of sp³-hybridized carbons (Fsp3) is 0.348. The molecular weight excluding hydrogens is 380 g/mol. The maximum absolute atomic E-state index is 11.5. The highest BCUT2D eigenvalue weighted by atomic mass is 16.5. The molecule has 0 N–H and O–H groups in total. The van der Waals surface area contributed by atoms with Gasteiger partial charge in [-0.2, -0.15) is 0 Å². The van der Waals surface area contributed by atoms with Crippen LogP contribution in [0.2, 0.25) is 0 Å². The summed E-state index contributed by atoms with van der Waals surface area (Å²) >= 11 is 0. The Labute approximate surface area is 176 Å². The van der Waals surface area contributed by atoms with Crippen LogP contribution >= 0.6 is 0 Å². The van der Waals surface area contributed by atoms with E-state index in [4.69, 9.17) is 9.15 Å². The summed E-state index contributed by atoms with van der Waals surface area (Å²) in [4.78, 5) is 16.2. The summed E-state index contributed by atoms with van der Waals surface area (Å²) in [6, 6.07) is 15.5. The van der Waals surface area contributed by atoms with Crippen molar-refractivity contribution in [2.24, 2.45) is 0 Å². The number of rotatable bonds is 6. The maximum atomic E-state index is 11.5. The number of methoxy groups -OCH3 is 1. The standard InChI is InChI=1S/C23H26N4O3/c1-16(22-24-25-23(30-22)19-6-10-21(29-3)11-7-19)26-12-14-27(15-13-26)20-8-4-18(5-9-20)17(2)28/h4-11,16H,12-15H2,1-3H3/t16-/m1/s1. The molecule has 0 spiro atoms. The van der Waals surface area contributed by atoms with Crippen LogP contribution in [0.4, 0.5) is 5.69 Å². The molecule has 2 heterocycles. The first-order valence-corrected chi connectivity index (χ1v) is 10.1. The fourth-order valence-corrected chi connectivity index (χ4v) is 3.68. The van der Waals surface area contributed by atoms with Crippen LogP contribution in [-0.4, -0.2) is 54.2 Å². The predicted molar refractivity (Wildman–Crippen MR) is 115 cm³/mol.